The van der Waals surface area contributed by atoms with Crippen molar-refractivity contribution in [3.63, 3.8) is 0 Å². The maximum absolute atomic E-state index is 10.4. The summed E-state index contributed by atoms with van der Waals surface area (Å²) in [5, 5.41) is 12.2. The Morgan fingerprint density at radius 1 is 1.62 bits per heavy atom. The van der Waals surface area contributed by atoms with Crippen molar-refractivity contribution in [2.45, 2.75) is 39.3 Å². The summed E-state index contributed by atoms with van der Waals surface area (Å²) in [4.78, 5) is 12.6. The molecule has 1 aromatic heterocycles. The van der Waals surface area contributed by atoms with Crippen LogP contribution in [0.15, 0.2) is 16.8 Å². The molecule has 0 saturated heterocycles. The summed E-state index contributed by atoms with van der Waals surface area (Å²) in [5.41, 5.74) is 0. The van der Waals surface area contributed by atoms with E-state index in [-0.39, 0.29) is 6.42 Å². The molecule has 0 aliphatic heterocycles. The van der Waals surface area contributed by atoms with Crippen LogP contribution in [0.1, 0.15) is 32.4 Å². The first-order valence-electron chi connectivity index (χ1n) is 5.45. The minimum Gasteiger partial charge on any atom is -0.481 e. The lowest BCUT2D eigenvalue weighted by molar-refractivity contribution is -0.137. The summed E-state index contributed by atoms with van der Waals surface area (Å²) in [6, 6.07) is 2.19. The van der Waals surface area contributed by atoms with Gasteiger partial charge in [0, 0.05) is 18.5 Å². The summed E-state index contributed by atoms with van der Waals surface area (Å²) in [6.45, 7) is 5.59. The molecule has 1 N–H and O–H groups in total. The van der Waals surface area contributed by atoms with Gasteiger partial charge in [-0.2, -0.15) is 0 Å². The Hall–Kier alpha value is -1.36. The van der Waals surface area contributed by atoms with Crippen LogP contribution in [-0.4, -0.2) is 33.7 Å². The molecule has 5 nitrogen and oxygen atoms in total. The van der Waals surface area contributed by atoms with Crippen molar-refractivity contribution in [3.8, 4) is 0 Å². The molecule has 0 radical (unpaired) electrons. The topological polar surface area (TPSA) is 66.6 Å². The quantitative estimate of drug-likeness (QED) is 0.767. The SMILES string of the molecule is CC(C)N(CCCC(=O)O)Cc1ccno1. The predicted molar refractivity (Wildman–Crippen MR) is 58.9 cm³/mol. The number of carboxylic acids is 1. The van der Waals surface area contributed by atoms with Gasteiger partial charge in [-0.25, -0.2) is 0 Å². The first-order chi connectivity index (χ1) is 7.59. The Balaban J connectivity index is 2.39. The van der Waals surface area contributed by atoms with E-state index in [1.165, 1.54) is 0 Å². The summed E-state index contributed by atoms with van der Waals surface area (Å²) in [5.74, 6) is 0.0624. The number of rotatable bonds is 7. The van der Waals surface area contributed by atoms with Gasteiger partial charge < -0.3 is 9.63 Å². The fourth-order valence-electron chi connectivity index (χ4n) is 1.48. The summed E-state index contributed by atoms with van der Waals surface area (Å²) < 4.78 is 5.03. The number of aromatic nitrogens is 1. The Bertz CT molecular complexity index is 309. The molecule has 0 atom stereocenters. The lowest BCUT2D eigenvalue weighted by atomic mass is 10.2. The van der Waals surface area contributed by atoms with Crippen molar-refractivity contribution in [2.75, 3.05) is 6.54 Å². The molecule has 1 aromatic rings. The minimum atomic E-state index is -0.747. The van der Waals surface area contributed by atoms with Gasteiger partial charge in [-0.15, -0.1) is 0 Å². The van der Waals surface area contributed by atoms with E-state index in [0.717, 1.165) is 12.3 Å². The molecular weight excluding hydrogens is 208 g/mol. The second-order valence-corrected chi connectivity index (χ2v) is 4.04. The highest BCUT2D eigenvalue weighted by Crippen LogP contribution is 2.08. The lowest BCUT2D eigenvalue weighted by Gasteiger charge is -2.24. The molecular formula is C11H18N2O3. The van der Waals surface area contributed by atoms with Crippen LogP contribution in [0.5, 0.6) is 0 Å². The van der Waals surface area contributed by atoms with Crippen molar-refractivity contribution in [2.24, 2.45) is 0 Å². The van der Waals surface area contributed by atoms with Crippen LogP contribution in [0, 0.1) is 0 Å². The molecule has 0 unspecified atom stereocenters. The molecule has 0 amide bonds. The van der Waals surface area contributed by atoms with Gasteiger partial charge in [0.2, 0.25) is 0 Å². The van der Waals surface area contributed by atoms with Crippen LogP contribution in [0.25, 0.3) is 0 Å². The largest absolute Gasteiger partial charge is 0.481 e. The molecule has 5 heteroatoms. The predicted octanol–water partition coefficient (Wildman–Crippen LogP) is 1.75. The van der Waals surface area contributed by atoms with Crippen LogP contribution in [-0.2, 0) is 11.3 Å². The third kappa shape index (κ3) is 4.44. The van der Waals surface area contributed by atoms with E-state index in [2.05, 4.69) is 23.9 Å². The van der Waals surface area contributed by atoms with E-state index in [1.807, 2.05) is 6.07 Å². The van der Waals surface area contributed by atoms with Crippen LogP contribution < -0.4 is 0 Å². The van der Waals surface area contributed by atoms with Crippen molar-refractivity contribution >= 4 is 5.97 Å². The fourth-order valence-corrected chi connectivity index (χ4v) is 1.48. The van der Waals surface area contributed by atoms with Crippen molar-refractivity contribution < 1.29 is 14.4 Å². The standard InChI is InChI=1S/C11H18N2O3/c1-9(2)13(7-3-4-11(14)15)8-10-5-6-12-16-10/h5-6,9H,3-4,7-8H2,1-2H3,(H,14,15). The van der Waals surface area contributed by atoms with E-state index in [0.29, 0.717) is 19.0 Å². The van der Waals surface area contributed by atoms with Gasteiger partial charge in [-0.3, -0.25) is 9.69 Å². The third-order valence-electron chi connectivity index (χ3n) is 2.42. The smallest absolute Gasteiger partial charge is 0.303 e. The van der Waals surface area contributed by atoms with Gasteiger partial charge in [0.05, 0.1) is 12.7 Å². The monoisotopic (exact) mass is 226 g/mol. The Labute approximate surface area is 95.0 Å². The third-order valence-corrected chi connectivity index (χ3v) is 2.42. The molecule has 0 bridgehead atoms. The highest BCUT2D eigenvalue weighted by Gasteiger charge is 2.12. The van der Waals surface area contributed by atoms with Crippen LogP contribution >= 0.6 is 0 Å². The number of carbonyl (C=O) groups is 1. The van der Waals surface area contributed by atoms with Crippen LogP contribution in [0.4, 0.5) is 0 Å². The highest BCUT2D eigenvalue weighted by molar-refractivity contribution is 5.66. The molecule has 0 aliphatic carbocycles. The van der Waals surface area contributed by atoms with E-state index in [1.54, 1.807) is 6.20 Å². The number of nitrogens with zero attached hydrogens (tertiary/aromatic N) is 2. The Morgan fingerprint density at radius 3 is 2.88 bits per heavy atom. The van der Waals surface area contributed by atoms with E-state index < -0.39 is 5.97 Å². The molecule has 1 heterocycles. The van der Waals surface area contributed by atoms with Gasteiger partial charge in [-0.05, 0) is 26.8 Å². The number of hydrogen-bond acceptors (Lipinski definition) is 4. The van der Waals surface area contributed by atoms with Gasteiger partial charge in [0.15, 0.2) is 5.76 Å². The summed E-state index contributed by atoms with van der Waals surface area (Å²) in [6.07, 6.45) is 2.48. The average molecular weight is 226 g/mol. The first-order valence-corrected chi connectivity index (χ1v) is 5.45. The summed E-state index contributed by atoms with van der Waals surface area (Å²) in [7, 11) is 0. The molecule has 16 heavy (non-hydrogen) atoms. The molecule has 0 aromatic carbocycles. The number of hydrogen-bond donors (Lipinski definition) is 1. The van der Waals surface area contributed by atoms with E-state index >= 15 is 0 Å². The number of carboxylic acid groups (broad SMARTS) is 1. The van der Waals surface area contributed by atoms with Gasteiger partial charge in [0.25, 0.3) is 0 Å². The highest BCUT2D eigenvalue weighted by atomic mass is 16.5. The van der Waals surface area contributed by atoms with Gasteiger partial charge in [0.1, 0.15) is 0 Å². The fraction of sp³-hybridized carbons (Fsp3) is 0.636. The van der Waals surface area contributed by atoms with Crippen molar-refractivity contribution in [1.29, 1.82) is 0 Å². The van der Waals surface area contributed by atoms with Crippen LogP contribution in [0.3, 0.4) is 0 Å². The maximum Gasteiger partial charge on any atom is 0.303 e. The molecule has 0 spiro atoms. The second-order valence-electron chi connectivity index (χ2n) is 4.04. The number of aliphatic carboxylic acids is 1. The zero-order chi connectivity index (χ0) is 12.0. The summed E-state index contributed by atoms with van der Waals surface area (Å²) >= 11 is 0. The lowest BCUT2D eigenvalue weighted by Crippen LogP contribution is -2.31. The van der Waals surface area contributed by atoms with Gasteiger partial charge >= 0.3 is 5.97 Å². The Kier molecular flexibility index (Phi) is 4.98. The van der Waals surface area contributed by atoms with E-state index in [9.17, 15) is 4.79 Å². The second kappa shape index (κ2) is 6.27. The maximum atomic E-state index is 10.4. The molecule has 0 aliphatic rings. The normalized spacial score (nSPS) is 11.2. The zero-order valence-corrected chi connectivity index (χ0v) is 9.72. The average Bonchev–Trinajstić information content (AvgIpc) is 2.68. The van der Waals surface area contributed by atoms with Crippen LogP contribution in [0.2, 0.25) is 0 Å². The first kappa shape index (κ1) is 12.7. The molecule has 0 fully saturated rings. The van der Waals surface area contributed by atoms with Crippen molar-refractivity contribution in [1.82, 2.24) is 10.1 Å². The van der Waals surface area contributed by atoms with Gasteiger partial charge in [-0.1, -0.05) is 5.16 Å². The van der Waals surface area contributed by atoms with Crippen molar-refractivity contribution in [3.05, 3.63) is 18.0 Å². The molecule has 1 rings (SSSR count). The molecule has 0 saturated carbocycles. The Morgan fingerprint density at radius 2 is 2.38 bits per heavy atom. The molecule has 90 valence electrons. The van der Waals surface area contributed by atoms with E-state index in [4.69, 9.17) is 9.63 Å². The minimum absolute atomic E-state index is 0.208. The zero-order valence-electron chi connectivity index (χ0n) is 9.72.